The minimum atomic E-state index is -3.57. The zero-order valence-electron chi connectivity index (χ0n) is 13.6. The molecule has 122 valence electrons. The summed E-state index contributed by atoms with van der Waals surface area (Å²) in [5.41, 5.74) is 2.38. The highest BCUT2D eigenvalue weighted by Crippen LogP contribution is 2.18. The molecular formula is C18H21NO3S. The molecule has 5 heteroatoms. The van der Waals surface area contributed by atoms with Gasteiger partial charge in [-0.1, -0.05) is 48.0 Å². The van der Waals surface area contributed by atoms with Crippen LogP contribution in [0.2, 0.25) is 0 Å². The molecule has 0 aliphatic rings. The van der Waals surface area contributed by atoms with Crippen LogP contribution in [0, 0.1) is 6.92 Å². The van der Waals surface area contributed by atoms with Crippen molar-refractivity contribution in [1.82, 2.24) is 0 Å². The highest BCUT2D eigenvalue weighted by atomic mass is 32.2. The molecule has 2 aromatic carbocycles. The highest BCUT2D eigenvalue weighted by Gasteiger charge is 2.30. The first-order valence-electron chi connectivity index (χ1n) is 7.41. The van der Waals surface area contributed by atoms with Gasteiger partial charge in [0, 0.05) is 12.7 Å². The lowest BCUT2D eigenvalue weighted by atomic mass is 10.2. The summed E-state index contributed by atoms with van der Waals surface area (Å²) in [5.74, 6) is -0.562. The first-order chi connectivity index (χ1) is 10.8. The monoisotopic (exact) mass is 331 g/mol. The van der Waals surface area contributed by atoms with Crippen molar-refractivity contribution in [1.29, 1.82) is 0 Å². The standard InChI is InChI=1S/C18H21NO3S/c1-14-8-7-9-16(12-14)13-23(21,22)15(2)18(20)19(3)17-10-5-4-6-11-17/h4-12,15H,13H2,1-3H3/t15-/m0/s1. The van der Waals surface area contributed by atoms with Crippen LogP contribution in [0.4, 0.5) is 5.69 Å². The van der Waals surface area contributed by atoms with Crippen molar-refractivity contribution in [3.05, 3.63) is 65.7 Å². The van der Waals surface area contributed by atoms with Crippen LogP contribution < -0.4 is 4.90 Å². The maximum atomic E-state index is 12.5. The maximum absolute atomic E-state index is 12.5. The molecule has 4 nitrogen and oxygen atoms in total. The summed E-state index contributed by atoms with van der Waals surface area (Å²) in [5, 5.41) is -1.09. The molecule has 0 bridgehead atoms. The molecule has 0 saturated heterocycles. The van der Waals surface area contributed by atoms with E-state index in [9.17, 15) is 13.2 Å². The number of carbonyl (C=O) groups excluding carboxylic acids is 1. The van der Waals surface area contributed by atoms with E-state index in [0.717, 1.165) is 5.56 Å². The maximum Gasteiger partial charge on any atom is 0.244 e. The van der Waals surface area contributed by atoms with Crippen LogP contribution in [0.25, 0.3) is 0 Å². The van der Waals surface area contributed by atoms with Crippen LogP contribution in [-0.2, 0) is 20.4 Å². The van der Waals surface area contributed by atoms with Crippen LogP contribution in [0.1, 0.15) is 18.1 Å². The molecule has 0 saturated carbocycles. The number of hydrogen-bond acceptors (Lipinski definition) is 3. The van der Waals surface area contributed by atoms with Gasteiger partial charge >= 0.3 is 0 Å². The van der Waals surface area contributed by atoms with Gasteiger partial charge in [0.25, 0.3) is 0 Å². The quantitative estimate of drug-likeness (QED) is 0.846. The summed E-state index contributed by atoms with van der Waals surface area (Å²) in [4.78, 5) is 13.9. The van der Waals surface area contributed by atoms with E-state index in [-0.39, 0.29) is 5.75 Å². The van der Waals surface area contributed by atoms with Crippen LogP contribution >= 0.6 is 0 Å². The van der Waals surface area contributed by atoms with Gasteiger partial charge in [0.15, 0.2) is 9.84 Å². The Balaban J connectivity index is 2.17. The number of anilines is 1. The van der Waals surface area contributed by atoms with E-state index in [4.69, 9.17) is 0 Å². The molecule has 0 N–H and O–H groups in total. The second-order valence-electron chi connectivity index (χ2n) is 5.67. The molecule has 1 amide bonds. The number of benzene rings is 2. The fourth-order valence-corrected chi connectivity index (χ4v) is 3.72. The van der Waals surface area contributed by atoms with Gasteiger partial charge in [-0.15, -0.1) is 0 Å². The van der Waals surface area contributed by atoms with Gasteiger partial charge in [0.2, 0.25) is 5.91 Å². The lowest BCUT2D eigenvalue weighted by Crippen LogP contribution is -2.39. The van der Waals surface area contributed by atoms with E-state index in [2.05, 4.69) is 0 Å². The smallest absolute Gasteiger partial charge is 0.244 e. The Hall–Kier alpha value is -2.14. The van der Waals surface area contributed by atoms with Crippen molar-refractivity contribution in [3.63, 3.8) is 0 Å². The third-order valence-corrected chi connectivity index (χ3v) is 5.83. The summed E-state index contributed by atoms with van der Waals surface area (Å²) in [7, 11) is -1.98. The van der Waals surface area contributed by atoms with E-state index < -0.39 is 21.0 Å². The van der Waals surface area contributed by atoms with E-state index >= 15 is 0 Å². The predicted molar refractivity (Wildman–Crippen MR) is 93.1 cm³/mol. The van der Waals surface area contributed by atoms with Gasteiger partial charge < -0.3 is 4.90 Å². The third kappa shape index (κ3) is 4.20. The second kappa shape index (κ2) is 6.96. The van der Waals surface area contributed by atoms with E-state index in [0.29, 0.717) is 11.3 Å². The van der Waals surface area contributed by atoms with Crippen molar-refractivity contribution in [2.45, 2.75) is 24.9 Å². The molecule has 2 rings (SSSR count). The van der Waals surface area contributed by atoms with Crippen LogP contribution in [0.3, 0.4) is 0 Å². The number of para-hydroxylation sites is 1. The Kier molecular flexibility index (Phi) is 5.21. The van der Waals surface area contributed by atoms with Gasteiger partial charge in [-0.3, -0.25) is 4.79 Å². The zero-order chi connectivity index (χ0) is 17.0. The zero-order valence-corrected chi connectivity index (χ0v) is 14.4. The van der Waals surface area contributed by atoms with Gasteiger partial charge in [0.05, 0.1) is 5.75 Å². The first-order valence-corrected chi connectivity index (χ1v) is 9.12. The Morgan fingerprint density at radius 3 is 2.35 bits per heavy atom. The van der Waals surface area contributed by atoms with Gasteiger partial charge in [0.1, 0.15) is 5.25 Å². The SMILES string of the molecule is Cc1cccc(CS(=O)(=O)[C@@H](C)C(=O)N(C)c2ccccc2)c1. The summed E-state index contributed by atoms with van der Waals surface area (Å²) >= 11 is 0. The largest absolute Gasteiger partial charge is 0.314 e. The van der Waals surface area contributed by atoms with Crippen molar-refractivity contribution in [2.75, 3.05) is 11.9 Å². The van der Waals surface area contributed by atoms with Crippen LogP contribution in [0.15, 0.2) is 54.6 Å². The number of sulfone groups is 1. The van der Waals surface area contributed by atoms with Crippen LogP contribution in [-0.4, -0.2) is 26.6 Å². The molecule has 0 aliphatic carbocycles. The minimum Gasteiger partial charge on any atom is -0.314 e. The molecule has 0 radical (unpaired) electrons. The number of nitrogens with zero attached hydrogens (tertiary/aromatic N) is 1. The average molecular weight is 331 g/mol. The van der Waals surface area contributed by atoms with Crippen molar-refractivity contribution >= 4 is 21.4 Å². The Morgan fingerprint density at radius 2 is 1.74 bits per heavy atom. The number of hydrogen-bond donors (Lipinski definition) is 0. The number of carbonyl (C=O) groups is 1. The lowest BCUT2D eigenvalue weighted by molar-refractivity contribution is -0.117. The Morgan fingerprint density at radius 1 is 1.09 bits per heavy atom. The third-order valence-electron chi connectivity index (χ3n) is 3.81. The molecule has 0 aromatic heterocycles. The molecule has 0 unspecified atom stereocenters. The van der Waals surface area contributed by atoms with Gasteiger partial charge in [-0.2, -0.15) is 0 Å². The number of amides is 1. The first kappa shape index (κ1) is 17.2. The molecule has 23 heavy (non-hydrogen) atoms. The summed E-state index contributed by atoms with van der Waals surface area (Å²) in [6, 6.07) is 16.3. The molecule has 0 heterocycles. The van der Waals surface area contributed by atoms with Crippen molar-refractivity contribution in [2.24, 2.45) is 0 Å². The molecule has 0 aliphatic heterocycles. The van der Waals surface area contributed by atoms with Crippen LogP contribution in [0.5, 0.6) is 0 Å². The topological polar surface area (TPSA) is 54.5 Å². The minimum absolute atomic E-state index is 0.135. The van der Waals surface area contributed by atoms with Crippen molar-refractivity contribution < 1.29 is 13.2 Å². The summed E-state index contributed by atoms with van der Waals surface area (Å²) < 4.78 is 25.1. The number of rotatable bonds is 5. The fourth-order valence-electron chi connectivity index (χ4n) is 2.36. The van der Waals surface area contributed by atoms with Gasteiger partial charge in [-0.05, 0) is 31.5 Å². The molecule has 2 aromatic rings. The molecular weight excluding hydrogens is 310 g/mol. The second-order valence-corrected chi connectivity index (χ2v) is 7.99. The molecule has 1 atom stereocenters. The molecule has 0 spiro atoms. The Labute approximate surface area is 137 Å². The van der Waals surface area contributed by atoms with E-state index in [1.165, 1.54) is 11.8 Å². The fraction of sp³-hybridized carbons (Fsp3) is 0.278. The highest BCUT2D eigenvalue weighted by molar-refractivity contribution is 7.92. The average Bonchev–Trinajstić information content (AvgIpc) is 2.53. The van der Waals surface area contributed by atoms with E-state index in [1.54, 1.807) is 25.2 Å². The number of aryl methyl sites for hydroxylation is 1. The Bertz CT molecular complexity index is 785. The van der Waals surface area contributed by atoms with Gasteiger partial charge in [-0.25, -0.2) is 8.42 Å². The predicted octanol–water partition coefficient (Wildman–Crippen LogP) is 2.96. The normalized spacial score (nSPS) is 12.7. The lowest BCUT2D eigenvalue weighted by Gasteiger charge is -2.21. The molecule has 0 fully saturated rings. The van der Waals surface area contributed by atoms with E-state index in [1.807, 2.05) is 43.3 Å². The summed E-state index contributed by atoms with van der Waals surface area (Å²) in [6.07, 6.45) is 0. The van der Waals surface area contributed by atoms with Crippen molar-refractivity contribution in [3.8, 4) is 0 Å². The summed E-state index contributed by atoms with van der Waals surface area (Å²) in [6.45, 7) is 3.36.